The molecule has 4 aliphatic rings. The van der Waals surface area contributed by atoms with Crippen molar-refractivity contribution in [1.29, 1.82) is 0 Å². The molecule has 5 nitrogen and oxygen atoms in total. The molecule has 1 atom stereocenters. The lowest BCUT2D eigenvalue weighted by molar-refractivity contribution is -0.129. The van der Waals surface area contributed by atoms with Gasteiger partial charge in [-0.15, -0.1) is 0 Å². The van der Waals surface area contributed by atoms with Crippen molar-refractivity contribution in [3.05, 3.63) is 36.0 Å². The Hall–Kier alpha value is -2.30. The van der Waals surface area contributed by atoms with Crippen LogP contribution in [0.4, 0.5) is 0 Å². The first-order valence-electron chi connectivity index (χ1n) is 11.1. The van der Waals surface area contributed by atoms with Crippen molar-refractivity contribution in [2.75, 3.05) is 6.54 Å². The normalized spacial score (nSPS) is 31.0. The highest BCUT2D eigenvalue weighted by Crippen LogP contribution is 2.59. The van der Waals surface area contributed by atoms with Crippen LogP contribution in [0.1, 0.15) is 51.0 Å². The molecule has 0 saturated heterocycles. The number of hydrogen-bond acceptors (Lipinski definition) is 2. The van der Waals surface area contributed by atoms with Crippen LogP contribution in [-0.2, 0) is 16.0 Å². The Morgan fingerprint density at radius 3 is 2.41 bits per heavy atom. The van der Waals surface area contributed by atoms with Gasteiger partial charge in [-0.25, -0.2) is 0 Å². The van der Waals surface area contributed by atoms with E-state index in [4.69, 9.17) is 0 Å². The molecular formula is C24H31N3O2. The molecule has 2 aromatic rings. The highest BCUT2D eigenvalue weighted by molar-refractivity contribution is 5.89. The fourth-order valence-corrected chi connectivity index (χ4v) is 6.88. The molecule has 4 saturated carbocycles. The molecule has 1 aromatic heterocycles. The molecule has 4 aliphatic carbocycles. The molecule has 3 N–H and O–H groups in total. The summed E-state index contributed by atoms with van der Waals surface area (Å²) in [7, 11) is 0. The standard InChI is InChI=1S/C24H31N3O2/c1-15(28)27-22(9-19-13-25-21-5-3-2-4-20(19)21)23(29)26-14-24-10-16-6-17(11-24)8-18(7-16)12-24/h2-5,13,16-18,22,25H,6-12,14H2,1H3,(H,26,29)(H,27,28)/t16?,17?,18?,22-,24?/m0/s1. The van der Waals surface area contributed by atoms with Crippen LogP contribution in [-0.4, -0.2) is 29.4 Å². The first kappa shape index (κ1) is 18.7. The molecule has 0 spiro atoms. The number of carbonyl (C=O) groups excluding carboxylic acids is 2. The number of H-pyrrole nitrogens is 1. The first-order chi connectivity index (χ1) is 14.0. The van der Waals surface area contributed by atoms with Crippen molar-refractivity contribution >= 4 is 22.7 Å². The maximum atomic E-state index is 13.1. The number of amides is 2. The van der Waals surface area contributed by atoms with Gasteiger partial charge in [-0.05, 0) is 73.3 Å². The number of aromatic amines is 1. The van der Waals surface area contributed by atoms with Crippen LogP contribution >= 0.6 is 0 Å². The Bertz CT molecular complexity index is 896. The van der Waals surface area contributed by atoms with Crippen molar-refractivity contribution in [1.82, 2.24) is 15.6 Å². The van der Waals surface area contributed by atoms with Crippen molar-refractivity contribution in [3.8, 4) is 0 Å². The number of para-hydroxylation sites is 1. The maximum absolute atomic E-state index is 13.1. The molecule has 1 heterocycles. The summed E-state index contributed by atoms with van der Waals surface area (Å²) in [6.45, 7) is 2.24. The number of benzene rings is 1. The minimum Gasteiger partial charge on any atom is -0.361 e. The fourth-order valence-electron chi connectivity index (χ4n) is 6.88. The van der Waals surface area contributed by atoms with Crippen LogP contribution in [0.2, 0.25) is 0 Å². The number of carbonyl (C=O) groups is 2. The van der Waals surface area contributed by atoms with Crippen LogP contribution in [0.3, 0.4) is 0 Å². The van der Waals surface area contributed by atoms with Crippen LogP contribution in [0.15, 0.2) is 30.5 Å². The Morgan fingerprint density at radius 1 is 1.10 bits per heavy atom. The van der Waals surface area contributed by atoms with E-state index in [2.05, 4.69) is 21.7 Å². The smallest absolute Gasteiger partial charge is 0.242 e. The van der Waals surface area contributed by atoms with Crippen LogP contribution in [0.5, 0.6) is 0 Å². The molecule has 1 aromatic carbocycles. The number of aromatic nitrogens is 1. The van der Waals surface area contributed by atoms with Gasteiger partial charge in [0.2, 0.25) is 11.8 Å². The van der Waals surface area contributed by atoms with Gasteiger partial charge >= 0.3 is 0 Å². The van der Waals surface area contributed by atoms with Gasteiger partial charge in [-0.2, -0.15) is 0 Å². The molecular weight excluding hydrogens is 362 g/mol. The van der Waals surface area contributed by atoms with Crippen molar-refractivity contribution in [2.24, 2.45) is 23.2 Å². The summed E-state index contributed by atoms with van der Waals surface area (Å²) in [4.78, 5) is 28.1. The summed E-state index contributed by atoms with van der Waals surface area (Å²) in [5.74, 6) is 2.39. The second-order valence-corrected chi connectivity index (χ2v) is 9.95. The number of nitrogens with one attached hydrogen (secondary N) is 3. The fraction of sp³-hybridized carbons (Fsp3) is 0.583. The van der Waals surface area contributed by atoms with Gasteiger partial charge in [0.05, 0.1) is 0 Å². The molecule has 6 rings (SSSR count). The van der Waals surface area contributed by atoms with Gasteiger partial charge in [-0.3, -0.25) is 9.59 Å². The lowest BCUT2D eigenvalue weighted by atomic mass is 9.49. The van der Waals surface area contributed by atoms with Gasteiger partial charge in [0.15, 0.2) is 0 Å². The lowest BCUT2D eigenvalue weighted by Crippen LogP contribution is -2.54. The monoisotopic (exact) mass is 393 g/mol. The highest BCUT2D eigenvalue weighted by atomic mass is 16.2. The van der Waals surface area contributed by atoms with E-state index in [-0.39, 0.29) is 11.8 Å². The summed E-state index contributed by atoms with van der Waals surface area (Å²) >= 11 is 0. The summed E-state index contributed by atoms with van der Waals surface area (Å²) in [5.41, 5.74) is 2.41. The molecule has 0 unspecified atom stereocenters. The SMILES string of the molecule is CC(=O)N[C@@H](Cc1c[nH]c2ccccc12)C(=O)NCC12CC3CC(CC(C3)C1)C2. The van der Waals surface area contributed by atoms with Gasteiger partial charge in [-0.1, -0.05) is 18.2 Å². The van der Waals surface area contributed by atoms with Gasteiger partial charge < -0.3 is 15.6 Å². The molecule has 4 bridgehead atoms. The third-order valence-electron chi connectivity index (χ3n) is 7.60. The van der Waals surface area contributed by atoms with Gasteiger partial charge in [0.1, 0.15) is 6.04 Å². The zero-order valence-corrected chi connectivity index (χ0v) is 17.2. The van der Waals surface area contributed by atoms with E-state index >= 15 is 0 Å². The van der Waals surface area contributed by atoms with Crippen LogP contribution in [0, 0.1) is 23.2 Å². The van der Waals surface area contributed by atoms with Gasteiger partial charge in [0.25, 0.3) is 0 Å². The molecule has 0 radical (unpaired) electrons. The summed E-state index contributed by atoms with van der Waals surface area (Å²) in [5, 5.41) is 7.23. The second-order valence-electron chi connectivity index (χ2n) is 9.95. The largest absolute Gasteiger partial charge is 0.361 e. The van der Waals surface area contributed by atoms with E-state index in [1.165, 1.54) is 45.4 Å². The predicted molar refractivity (Wildman–Crippen MR) is 113 cm³/mol. The summed E-state index contributed by atoms with van der Waals surface area (Å²) < 4.78 is 0. The number of fused-ring (bicyclic) bond motifs is 1. The average Bonchev–Trinajstić information content (AvgIpc) is 3.07. The van der Waals surface area contributed by atoms with Gasteiger partial charge in [0, 0.05) is 37.0 Å². The van der Waals surface area contributed by atoms with E-state index < -0.39 is 6.04 Å². The predicted octanol–water partition coefficient (Wildman–Crippen LogP) is 3.55. The number of rotatable bonds is 6. The molecule has 5 heteroatoms. The van der Waals surface area contributed by atoms with Crippen LogP contribution in [0.25, 0.3) is 10.9 Å². The quantitative estimate of drug-likeness (QED) is 0.702. The Labute approximate surface area is 172 Å². The zero-order chi connectivity index (χ0) is 20.0. The summed E-state index contributed by atoms with van der Waals surface area (Å²) in [6, 6.07) is 7.53. The average molecular weight is 394 g/mol. The van der Waals surface area contributed by atoms with Crippen molar-refractivity contribution in [2.45, 2.75) is 57.9 Å². The minimum atomic E-state index is -0.541. The van der Waals surface area contributed by atoms with Crippen molar-refractivity contribution < 1.29 is 9.59 Å². The topological polar surface area (TPSA) is 74.0 Å². The minimum absolute atomic E-state index is 0.0544. The lowest BCUT2D eigenvalue weighted by Gasteiger charge is -2.57. The van der Waals surface area contributed by atoms with Crippen LogP contribution < -0.4 is 10.6 Å². The van der Waals surface area contributed by atoms with E-state index in [1.807, 2.05) is 24.4 Å². The van der Waals surface area contributed by atoms with E-state index in [1.54, 1.807) is 0 Å². The molecule has 29 heavy (non-hydrogen) atoms. The van der Waals surface area contributed by atoms with E-state index in [0.29, 0.717) is 11.8 Å². The molecule has 154 valence electrons. The Morgan fingerprint density at radius 2 is 1.76 bits per heavy atom. The summed E-state index contributed by atoms with van der Waals surface area (Å²) in [6.07, 6.45) is 10.5. The third-order valence-corrected chi connectivity index (χ3v) is 7.60. The Kier molecular flexibility index (Phi) is 4.64. The third kappa shape index (κ3) is 3.67. The van der Waals surface area contributed by atoms with Crippen molar-refractivity contribution in [3.63, 3.8) is 0 Å². The number of hydrogen-bond donors (Lipinski definition) is 3. The zero-order valence-electron chi connectivity index (χ0n) is 17.2. The second kappa shape index (κ2) is 7.19. The maximum Gasteiger partial charge on any atom is 0.242 e. The Balaban J connectivity index is 1.28. The molecule has 2 amide bonds. The molecule has 0 aliphatic heterocycles. The molecule has 4 fully saturated rings. The van der Waals surface area contributed by atoms with E-state index in [0.717, 1.165) is 40.8 Å². The highest BCUT2D eigenvalue weighted by Gasteiger charge is 2.50. The van der Waals surface area contributed by atoms with E-state index in [9.17, 15) is 9.59 Å². The first-order valence-corrected chi connectivity index (χ1v) is 11.1.